The van der Waals surface area contributed by atoms with Crippen LogP contribution in [0.1, 0.15) is 56.2 Å². The van der Waals surface area contributed by atoms with Crippen molar-refractivity contribution in [1.29, 1.82) is 0 Å². The number of sulfonamides is 1. The Hall–Kier alpha value is -2.58. The molecule has 2 aromatic rings. The number of aryl methyl sites for hydroxylation is 1. The Bertz CT molecular complexity index is 1140. The van der Waals surface area contributed by atoms with Crippen molar-refractivity contribution in [2.24, 2.45) is 0 Å². The van der Waals surface area contributed by atoms with Crippen LogP contribution < -0.4 is 9.62 Å². The molecule has 0 saturated heterocycles. The predicted molar refractivity (Wildman–Crippen MR) is 147 cm³/mol. The van der Waals surface area contributed by atoms with Gasteiger partial charge in [0.1, 0.15) is 6.04 Å². The maximum absolute atomic E-state index is 13.4. The Balaban J connectivity index is 2.23. The molecule has 0 bridgehead atoms. The molecule has 0 aliphatic rings. The molecule has 1 unspecified atom stereocenters. The van der Waals surface area contributed by atoms with Gasteiger partial charge in [0.15, 0.2) is 0 Å². The number of carbonyl (C=O) groups is 2. The van der Waals surface area contributed by atoms with Crippen molar-refractivity contribution < 1.29 is 18.0 Å². The average molecular weight is 536 g/mol. The number of hydrogen-bond donors (Lipinski definition) is 1. The standard InChI is InChI=1S/C27H38ClN3O4S/c1-6-17-29-27(33)24(7-2)30(19-22-15-13-20(3)14-16-22)26(32)12-9-18-31(36(5,34)35)25-11-8-10-23(28)21(25)4/h8,10-11,13-16,24H,6-7,9,12,17-19H2,1-5H3,(H,29,33). The van der Waals surface area contributed by atoms with Crippen molar-refractivity contribution in [2.45, 2.75) is 66.0 Å². The van der Waals surface area contributed by atoms with Crippen molar-refractivity contribution in [1.82, 2.24) is 10.2 Å². The van der Waals surface area contributed by atoms with Crippen molar-refractivity contribution in [3.8, 4) is 0 Å². The van der Waals surface area contributed by atoms with Crippen molar-refractivity contribution >= 4 is 39.1 Å². The number of amides is 2. The molecule has 0 fully saturated rings. The molecule has 2 amide bonds. The van der Waals surface area contributed by atoms with E-state index in [1.807, 2.05) is 45.0 Å². The summed E-state index contributed by atoms with van der Waals surface area (Å²) in [7, 11) is -3.59. The summed E-state index contributed by atoms with van der Waals surface area (Å²) < 4.78 is 26.4. The summed E-state index contributed by atoms with van der Waals surface area (Å²) in [4.78, 5) is 27.9. The highest BCUT2D eigenvalue weighted by atomic mass is 35.5. The van der Waals surface area contributed by atoms with Gasteiger partial charge in [-0.25, -0.2) is 8.42 Å². The number of carbonyl (C=O) groups excluding carboxylic acids is 2. The van der Waals surface area contributed by atoms with Gasteiger partial charge in [-0.2, -0.15) is 0 Å². The number of rotatable bonds is 13. The molecule has 0 heterocycles. The molecular weight excluding hydrogens is 498 g/mol. The number of halogens is 1. The van der Waals surface area contributed by atoms with E-state index in [9.17, 15) is 18.0 Å². The first-order chi connectivity index (χ1) is 17.0. The fourth-order valence-corrected chi connectivity index (χ4v) is 5.21. The highest BCUT2D eigenvalue weighted by molar-refractivity contribution is 7.92. The maximum Gasteiger partial charge on any atom is 0.242 e. The summed E-state index contributed by atoms with van der Waals surface area (Å²) in [5, 5.41) is 3.39. The third-order valence-electron chi connectivity index (χ3n) is 6.07. The van der Waals surface area contributed by atoms with E-state index >= 15 is 0 Å². The summed E-state index contributed by atoms with van der Waals surface area (Å²) in [6.45, 7) is 8.61. The molecule has 198 valence electrons. The average Bonchev–Trinajstić information content (AvgIpc) is 2.82. The summed E-state index contributed by atoms with van der Waals surface area (Å²) in [6, 6.07) is 12.4. The van der Waals surface area contributed by atoms with Gasteiger partial charge in [0, 0.05) is 31.1 Å². The topological polar surface area (TPSA) is 86.8 Å². The van der Waals surface area contributed by atoms with Gasteiger partial charge in [0.2, 0.25) is 21.8 Å². The Labute approximate surface area is 220 Å². The molecule has 0 spiro atoms. The minimum atomic E-state index is -3.59. The SMILES string of the molecule is CCCNC(=O)C(CC)N(Cc1ccc(C)cc1)C(=O)CCCN(c1cccc(Cl)c1C)S(C)(=O)=O. The second kappa shape index (κ2) is 13.7. The number of benzene rings is 2. The molecule has 2 rings (SSSR count). The van der Waals surface area contributed by atoms with E-state index in [4.69, 9.17) is 11.6 Å². The fraction of sp³-hybridized carbons (Fsp3) is 0.481. The van der Waals surface area contributed by atoms with E-state index in [0.29, 0.717) is 42.2 Å². The van der Waals surface area contributed by atoms with Gasteiger partial charge in [-0.3, -0.25) is 13.9 Å². The zero-order valence-electron chi connectivity index (χ0n) is 21.9. The number of nitrogens with one attached hydrogen (secondary N) is 1. The van der Waals surface area contributed by atoms with E-state index in [1.54, 1.807) is 30.0 Å². The monoisotopic (exact) mass is 535 g/mol. The molecule has 9 heteroatoms. The van der Waals surface area contributed by atoms with Crippen LogP contribution >= 0.6 is 11.6 Å². The molecule has 0 aliphatic carbocycles. The maximum atomic E-state index is 13.4. The third kappa shape index (κ3) is 8.23. The largest absolute Gasteiger partial charge is 0.354 e. The zero-order chi connectivity index (χ0) is 26.9. The van der Waals surface area contributed by atoms with Gasteiger partial charge in [-0.05, 0) is 56.4 Å². The Morgan fingerprint density at radius 3 is 2.31 bits per heavy atom. The molecule has 0 radical (unpaired) electrons. The van der Waals surface area contributed by atoms with Gasteiger partial charge < -0.3 is 10.2 Å². The zero-order valence-corrected chi connectivity index (χ0v) is 23.5. The van der Waals surface area contributed by atoms with E-state index in [2.05, 4.69) is 5.32 Å². The molecule has 2 aromatic carbocycles. The number of hydrogen-bond acceptors (Lipinski definition) is 4. The second-order valence-electron chi connectivity index (χ2n) is 9.04. The lowest BCUT2D eigenvalue weighted by molar-refractivity contribution is -0.141. The predicted octanol–water partition coefficient (Wildman–Crippen LogP) is 4.84. The minimum absolute atomic E-state index is 0.106. The lowest BCUT2D eigenvalue weighted by Crippen LogP contribution is -2.49. The summed E-state index contributed by atoms with van der Waals surface area (Å²) >= 11 is 6.22. The first kappa shape index (κ1) is 29.6. The number of anilines is 1. The van der Waals surface area contributed by atoms with E-state index in [1.165, 1.54) is 4.31 Å². The smallest absolute Gasteiger partial charge is 0.242 e. The lowest BCUT2D eigenvalue weighted by atomic mass is 10.1. The molecule has 0 aromatic heterocycles. The van der Waals surface area contributed by atoms with Crippen molar-refractivity contribution in [2.75, 3.05) is 23.7 Å². The molecule has 0 saturated carbocycles. The van der Waals surface area contributed by atoms with Crippen LogP contribution in [0.15, 0.2) is 42.5 Å². The van der Waals surface area contributed by atoms with Crippen LogP contribution in [0.5, 0.6) is 0 Å². The Morgan fingerprint density at radius 2 is 1.72 bits per heavy atom. The van der Waals surface area contributed by atoms with Crippen LogP contribution in [-0.2, 0) is 26.2 Å². The van der Waals surface area contributed by atoms with Crippen LogP contribution in [0.3, 0.4) is 0 Å². The highest BCUT2D eigenvalue weighted by Crippen LogP contribution is 2.28. The van der Waals surface area contributed by atoms with Crippen LogP contribution in [0.2, 0.25) is 5.02 Å². The molecular formula is C27H38ClN3O4S. The first-order valence-electron chi connectivity index (χ1n) is 12.3. The minimum Gasteiger partial charge on any atom is -0.354 e. The first-order valence-corrected chi connectivity index (χ1v) is 14.6. The van der Waals surface area contributed by atoms with Crippen molar-refractivity contribution in [3.05, 3.63) is 64.2 Å². The molecule has 1 atom stereocenters. The van der Waals surface area contributed by atoms with Crippen LogP contribution in [0.4, 0.5) is 5.69 Å². The van der Waals surface area contributed by atoms with E-state index < -0.39 is 16.1 Å². The fourth-order valence-electron chi connectivity index (χ4n) is 4.02. The van der Waals surface area contributed by atoms with Gasteiger partial charge in [-0.1, -0.05) is 61.3 Å². The second-order valence-corrected chi connectivity index (χ2v) is 11.4. The van der Waals surface area contributed by atoms with Crippen LogP contribution in [-0.4, -0.2) is 50.5 Å². The summed E-state index contributed by atoms with van der Waals surface area (Å²) in [5.74, 6) is -0.363. The quantitative estimate of drug-likeness (QED) is 0.398. The van der Waals surface area contributed by atoms with Crippen molar-refractivity contribution in [3.63, 3.8) is 0 Å². The van der Waals surface area contributed by atoms with Gasteiger partial charge in [0.25, 0.3) is 0 Å². The van der Waals surface area contributed by atoms with Gasteiger partial charge in [-0.15, -0.1) is 0 Å². The van der Waals surface area contributed by atoms with Crippen LogP contribution in [0, 0.1) is 13.8 Å². The van der Waals surface area contributed by atoms with Gasteiger partial charge >= 0.3 is 0 Å². The van der Waals surface area contributed by atoms with Gasteiger partial charge in [0.05, 0.1) is 11.9 Å². The third-order valence-corrected chi connectivity index (χ3v) is 7.66. The summed E-state index contributed by atoms with van der Waals surface area (Å²) in [6.07, 6.45) is 2.83. The normalized spacial score (nSPS) is 12.2. The van der Waals surface area contributed by atoms with Crippen LogP contribution in [0.25, 0.3) is 0 Å². The number of nitrogens with zero attached hydrogens (tertiary/aromatic N) is 2. The summed E-state index contributed by atoms with van der Waals surface area (Å²) in [5.41, 5.74) is 3.21. The lowest BCUT2D eigenvalue weighted by Gasteiger charge is -2.31. The Morgan fingerprint density at radius 1 is 1.06 bits per heavy atom. The van der Waals surface area contributed by atoms with E-state index in [0.717, 1.165) is 23.8 Å². The van der Waals surface area contributed by atoms with E-state index in [-0.39, 0.29) is 24.8 Å². The molecule has 7 nitrogen and oxygen atoms in total. The Kier molecular flexibility index (Phi) is 11.2. The molecule has 1 N–H and O–H groups in total. The molecule has 0 aliphatic heterocycles. The molecule has 36 heavy (non-hydrogen) atoms. The highest BCUT2D eigenvalue weighted by Gasteiger charge is 2.29.